The molecule has 2 aromatic heterocycles. The van der Waals surface area contributed by atoms with Crippen molar-refractivity contribution in [2.75, 3.05) is 0 Å². The van der Waals surface area contributed by atoms with Crippen molar-refractivity contribution in [1.82, 2.24) is 19.7 Å². The van der Waals surface area contributed by atoms with Crippen LogP contribution in [0.4, 0.5) is 0 Å². The number of rotatable bonds is 9. The van der Waals surface area contributed by atoms with Gasteiger partial charge in [-0.05, 0) is 50.5 Å². The summed E-state index contributed by atoms with van der Waals surface area (Å²) in [5.74, 6) is 0.875. The summed E-state index contributed by atoms with van der Waals surface area (Å²) in [6.45, 7) is 12.5. The summed E-state index contributed by atoms with van der Waals surface area (Å²) in [7, 11) is 0. The van der Waals surface area contributed by atoms with Crippen LogP contribution >= 0.6 is 0 Å². The van der Waals surface area contributed by atoms with Gasteiger partial charge in [-0.1, -0.05) is 56.3 Å². The fraction of sp³-hybridized carbons (Fsp3) is 0.357. The molecule has 2 aromatic carbocycles. The van der Waals surface area contributed by atoms with Crippen molar-refractivity contribution in [1.29, 1.82) is 0 Å². The van der Waals surface area contributed by atoms with Gasteiger partial charge in [0.2, 0.25) is 0 Å². The minimum absolute atomic E-state index is 0.0757. The van der Waals surface area contributed by atoms with Gasteiger partial charge in [-0.2, -0.15) is 0 Å². The lowest BCUT2D eigenvalue weighted by atomic mass is 9.98. The Bertz CT molecular complexity index is 1370. The van der Waals surface area contributed by atoms with Crippen molar-refractivity contribution in [3.05, 3.63) is 65.5 Å². The second-order valence-electron chi connectivity index (χ2n) is 9.60. The monoisotopic (exact) mass is 488 g/mol. The highest BCUT2D eigenvalue weighted by Crippen LogP contribution is 2.34. The highest BCUT2D eigenvalue weighted by molar-refractivity contribution is 5.96. The molecule has 0 radical (unpaired) electrons. The minimum atomic E-state index is -0.945. The van der Waals surface area contributed by atoms with Gasteiger partial charge >= 0.3 is 5.97 Å². The molecule has 8 heteroatoms. The topological polar surface area (TPSA) is 99.4 Å². The first-order valence-corrected chi connectivity index (χ1v) is 12.2. The fourth-order valence-corrected chi connectivity index (χ4v) is 4.12. The standard InChI is InChI=1S/C28H32N4O4/c1-16(2)25-29-23-24(27(36-18(5)6)31-30-26(23)35-17(3)4)32(25)15-19-11-13-20(14-12-19)21-9-7-8-10-22(21)28(33)34/h7-14,16-18H,15H2,1-6H3,(H,33,34). The van der Waals surface area contributed by atoms with E-state index in [0.29, 0.717) is 29.4 Å². The van der Waals surface area contributed by atoms with Crippen molar-refractivity contribution in [3.63, 3.8) is 0 Å². The van der Waals surface area contributed by atoms with E-state index in [9.17, 15) is 9.90 Å². The summed E-state index contributed by atoms with van der Waals surface area (Å²) in [6, 6.07) is 14.9. The molecule has 0 saturated carbocycles. The Hall–Kier alpha value is -3.94. The Labute approximate surface area is 210 Å². The van der Waals surface area contributed by atoms with Crippen LogP contribution in [0, 0.1) is 0 Å². The lowest BCUT2D eigenvalue weighted by molar-refractivity contribution is 0.0697. The maximum Gasteiger partial charge on any atom is 0.336 e. The van der Waals surface area contributed by atoms with Crippen LogP contribution in [0.5, 0.6) is 11.8 Å². The number of nitrogens with zero attached hydrogens (tertiary/aromatic N) is 4. The second kappa shape index (κ2) is 10.4. The maximum atomic E-state index is 11.7. The van der Waals surface area contributed by atoms with E-state index in [1.165, 1.54) is 0 Å². The zero-order valence-electron chi connectivity index (χ0n) is 21.5. The normalized spacial score (nSPS) is 11.6. The first-order valence-electron chi connectivity index (χ1n) is 12.2. The van der Waals surface area contributed by atoms with Crippen molar-refractivity contribution >= 4 is 17.0 Å². The van der Waals surface area contributed by atoms with Gasteiger partial charge in [0.1, 0.15) is 11.3 Å². The Morgan fingerprint density at radius 1 is 0.889 bits per heavy atom. The van der Waals surface area contributed by atoms with E-state index < -0.39 is 5.97 Å². The van der Waals surface area contributed by atoms with Gasteiger partial charge in [-0.3, -0.25) is 0 Å². The van der Waals surface area contributed by atoms with E-state index in [0.717, 1.165) is 22.5 Å². The smallest absolute Gasteiger partial charge is 0.336 e. The molecule has 4 aromatic rings. The molecule has 0 saturated heterocycles. The number of aromatic nitrogens is 4. The Morgan fingerprint density at radius 3 is 2.11 bits per heavy atom. The molecule has 0 aliphatic heterocycles. The van der Waals surface area contributed by atoms with Crippen LogP contribution in [0.2, 0.25) is 0 Å². The SMILES string of the molecule is CC(C)Oc1nnc(OC(C)C)c2c1nc(C(C)C)n2Cc1ccc(-c2ccccc2C(=O)O)cc1. The molecule has 0 amide bonds. The quantitative estimate of drug-likeness (QED) is 0.311. The number of imidazole rings is 1. The third kappa shape index (κ3) is 5.17. The number of hydrogen-bond donors (Lipinski definition) is 1. The summed E-state index contributed by atoms with van der Waals surface area (Å²) in [4.78, 5) is 16.6. The number of carbonyl (C=O) groups is 1. The molecular weight excluding hydrogens is 456 g/mol. The van der Waals surface area contributed by atoms with Gasteiger partial charge in [0.25, 0.3) is 11.8 Å². The fourth-order valence-electron chi connectivity index (χ4n) is 4.12. The van der Waals surface area contributed by atoms with Crippen LogP contribution in [0.1, 0.15) is 69.2 Å². The van der Waals surface area contributed by atoms with Crippen LogP contribution in [0.25, 0.3) is 22.2 Å². The first-order chi connectivity index (χ1) is 17.2. The Kier molecular flexibility index (Phi) is 7.24. The molecule has 0 atom stereocenters. The molecule has 0 unspecified atom stereocenters. The number of ether oxygens (including phenoxy) is 2. The molecule has 1 N–H and O–H groups in total. The molecule has 8 nitrogen and oxygen atoms in total. The number of aromatic carboxylic acids is 1. The predicted octanol–water partition coefficient (Wildman–Crippen LogP) is 5.94. The van der Waals surface area contributed by atoms with Gasteiger partial charge in [-0.15, -0.1) is 10.2 Å². The third-order valence-corrected chi connectivity index (χ3v) is 5.61. The number of hydrogen-bond acceptors (Lipinski definition) is 6. The lowest BCUT2D eigenvalue weighted by Crippen LogP contribution is -2.13. The van der Waals surface area contributed by atoms with Gasteiger partial charge in [0.05, 0.1) is 17.8 Å². The van der Waals surface area contributed by atoms with E-state index in [-0.39, 0.29) is 23.7 Å². The lowest BCUT2D eigenvalue weighted by Gasteiger charge is -2.16. The molecule has 36 heavy (non-hydrogen) atoms. The van der Waals surface area contributed by atoms with Crippen LogP contribution in [-0.4, -0.2) is 43.0 Å². The Morgan fingerprint density at radius 2 is 1.50 bits per heavy atom. The number of fused-ring (bicyclic) bond motifs is 1. The predicted molar refractivity (Wildman–Crippen MR) is 139 cm³/mol. The molecule has 0 fully saturated rings. The van der Waals surface area contributed by atoms with E-state index in [2.05, 4.69) is 28.6 Å². The molecule has 0 spiro atoms. The van der Waals surface area contributed by atoms with Gasteiger partial charge < -0.3 is 19.1 Å². The highest BCUT2D eigenvalue weighted by Gasteiger charge is 2.24. The number of benzene rings is 2. The molecule has 4 rings (SSSR count). The summed E-state index contributed by atoms with van der Waals surface area (Å²) in [5, 5.41) is 18.2. The molecule has 0 bridgehead atoms. The highest BCUT2D eigenvalue weighted by atomic mass is 16.5. The summed E-state index contributed by atoms with van der Waals surface area (Å²) < 4.78 is 14.1. The Balaban J connectivity index is 1.80. The van der Waals surface area contributed by atoms with E-state index in [1.807, 2.05) is 64.1 Å². The van der Waals surface area contributed by atoms with E-state index in [1.54, 1.807) is 12.1 Å². The van der Waals surface area contributed by atoms with Crippen molar-refractivity contribution in [2.45, 2.75) is 66.2 Å². The van der Waals surface area contributed by atoms with Crippen LogP contribution in [0.15, 0.2) is 48.5 Å². The molecule has 188 valence electrons. The van der Waals surface area contributed by atoms with Gasteiger partial charge in [0.15, 0.2) is 5.52 Å². The summed E-state index contributed by atoms with van der Waals surface area (Å²) in [5.41, 5.74) is 4.22. The zero-order chi connectivity index (χ0) is 26.0. The zero-order valence-corrected chi connectivity index (χ0v) is 21.5. The minimum Gasteiger partial charge on any atom is -0.478 e. The molecule has 0 aliphatic rings. The average Bonchev–Trinajstić information content (AvgIpc) is 3.21. The summed E-state index contributed by atoms with van der Waals surface area (Å²) in [6.07, 6.45) is -0.160. The largest absolute Gasteiger partial charge is 0.478 e. The summed E-state index contributed by atoms with van der Waals surface area (Å²) >= 11 is 0. The second-order valence-corrected chi connectivity index (χ2v) is 9.60. The van der Waals surface area contributed by atoms with Crippen molar-refractivity contribution in [3.8, 4) is 22.9 Å². The van der Waals surface area contributed by atoms with Crippen molar-refractivity contribution in [2.24, 2.45) is 0 Å². The van der Waals surface area contributed by atoms with Crippen LogP contribution in [0.3, 0.4) is 0 Å². The number of carboxylic acids is 1. The number of carboxylic acid groups (broad SMARTS) is 1. The van der Waals surface area contributed by atoms with E-state index in [4.69, 9.17) is 14.5 Å². The van der Waals surface area contributed by atoms with Gasteiger partial charge in [-0.25, -0.2) is 9.78 Å². The van der Waals surface area contributed by atoms with Crippen molar-refractivity contribution < 1.29 is 19.4 Å². The molecule has 2 heterocycles. The molecular formula is C28H32N4O4. The maximum absolute atomic E-state index is 11.7. The van der Waals surface area contributed by atoms with Crippen LogP contribution in [-0.2, 0) is 6.54 Å². The van der Waals surface area contributed by atoms with E-state index >= 15 is 0 Å². The average molecular weight is 489 g/mol. The van der Waals surface area contributed by atoms with Gasteiger partial charge in [0, 0.05) is 12.5 Å². The molecule has 0 aliphatic carbocycles. The van der Waals surface area contributed by atoms with Crippen LogP contribution < -0.4 is 9.47 Å². The third-order valence-electron chi connectivity index (χ3n) is 5.61. The first kappa shape index (κ1) is 25.2.